The van der Waals surface area contributed by atoms with Gasteiger partial charge in [0, 0.05) is 16.8 Å². The number of benzene rings is 3. The van der Waals surface area contributed by atoms with Gasteiger partial charge in [-0.3, -0.25) is 14.5 Å². The number of alkyl halides is 3. The van der Waals surface area contributed by atoms with Crippen LogP contribution in [0.25, 0.3) is 5.76 Å². The number of hydrogen-bond acceptors (Lipinski definition) is 4. The number of ether oxygens (including phenoxy) is 1. The summed E-state index contributed by atoms with van der Waals surface area (Å²) >= 11 is 0. The molecule has 1 fully saturated rings. The van der Waals surface area contributed by atoms with Crippen LogP contribution >= 0.6 is 0 Å². The van der Waals surface area contributed by atoms with Crippen molar-refractivity contribution in [3.8, 4) is 5.75 Å². The zero-order chi connectivity index (χ0) is 26.9. The maximum Gasteiger partial charge on any atom is 0.416 e. The number of rotatable bonds is 6. The predicted molar refractivity (Wildman–Crippen MR) is 130 cm³/mol. The van der Waals surface area contributed by atoms with Gasteiger partial charge in [0.1, 0.15) is 17.3 Å². The minimum Gasteiger partial charge on any atom is -0.507 e. The van der Waals surface area contributed by atoms with Crippen LogP contribution in [0.2, 0.25) is 0 Å². The van der Waals surface area contributed by atoms with Crippen LogP contribution in [0, 0.1) is 12.7 Å². The second-order valence-corrected chi connectivity index (χ2v) is 8.57. The fraction of sp³-hybridized carbons (Fsp3) is 0.214. The van der Waals surface area contributed by atoms with Gasteiger partial charge in [-0.05, 0) is 61.4 Å². The van der Waals surface area contributed by atoms with E-state index in [1.54, 1.807) is 19.1 Å². The number of carbonyl (C=O) groups is 2. The molecule has 1 atom stereocenters. The zero-order valence-electron chi connectivity index (χ0n) is 20.0. The lowest BCUT2D eigenvalue weighted by molar-refractivity contribution is -0.137. The van der Waals surface area contributed by atoms with Gasteiger partial charge < -0.3 is 9.84 Å². The molecule has 5 nitrogen and oxygen atoms in total. The van der Waals surface area contributed by atoms with Crippen molar-refractivity contribution in [1.82, 2.24) is 0 Å². The van der Waals surface area contributed by atoms with E-state index in [1.807, 2.05) is 6.92 Å². The average Bonchev–Trinajstić information content (AvgIpc) is 3.12. The second-order valence-electron chi connectivity index (χ2n) is 8.57. The first-order chi connectivity index (χ1) is 17.5. The standard InChI is InChI=1S/C28H23F4NO4/c1-3-13-37-22-12-11-17(14-16(22)2)25(34)23-24(20-9-4-5-10-21(20)29)33(27(36)26(23)35)19-8-6-7-18(15-19)28(30,31)32/h4-12,14-15,24,34H,3,13H2,1-2H3/b25-23+. The van der Waals surface area contributed by atoms with Gasteiger partial charge in [-0.25, -0.2) is 4.39 Å². The van der Waals surface area contributed by atoms with Gasteiger partial charge in [-0.1, -0.05) is 31.2 Å². The van der Waals surface area contributed by atoms with Crippen LogP contribution in [0.4, 0.5) is 23.2 Å². The second kappa shape index (κ2) is 10.1. The fourth-order valence-electron chi connectivity index (χ4n) is 4.25. The topological polar surface area (TPSA) is 66.8 Å². The molecule has 1 N–H and O–H groups in total. The Labute approximate surface area is 210 Å². The third-order valence-electron chi connectivity index (χ3n) is 6.01. The SMILES string of the molecule is CCCOc1ccc(/C(O)=C2\C(=O)C(=O)N(c3cccc(C(F)(F)F)c3)C2c2ccccc2F)cc1C. The average molecular weight is 513 g/mol. The molecule has 0 bridgehead atoms. The van der Waals surface area contributed by atoms with Crippen molar-refractivity contribution < 1.29 is 37.0 Å². The first-order valence-corrected chi connectivity index (χ1v) is 11.5. The number of aliphatic hydroxyl groups is 1. The smallest absolute Gasteiger partial charge is 0.416 e. The predicted octanol–water partition coefficient (Wildman–Crippen LogP) is 6.57. The molecule has 1 aliphatic heterocycles. The molecule has 1 heterocycles. The first kappa shape index (κ1) is 25.9. The minimum absolute atomic E-state index is 0.153. The molecule has 1 amide bonds. The van der Waals surface area contributed by atoms with Crippen LogP contribution in [-0.4, -0.2) is 23.4 Å². The summed E-state index contributed by atoms with van der Waals surface area (Å²) in [6, 6.07) is 12.3. The van der Waals surface area contributed by atoms with Crippen LogP contribution in [0.3, 0.4) is 0 Å². The number of hydrogen-bond donors (Lipinski definition) is 1. The van der Waals surface area contributed by atoms with Crippen molar-refractivity contribution >= 4 is 23.1 Å². The maximum absolute atomic E-state index is 15.0. The van der Waals surface area contributed by atoms with Gasteiger partial charge in [-0.15, -0.1) is 0 Å². The Morgan fingerprint density at radius 3 is 2.41 bits per heavy atom. The molecule has 9 heteroatoms. The monoisotopic (exact) mass is 513 g/mol. The van der Waals surface area contributed by atoms with E-state index < -0.39 is 46.6 Å². The highest BCUT2D eigenvalue weighted by molar-refractivity contribution is 6.51. The Bertz CT molecular complexity index is 1400. The van der Waals surface area contributed by atoms with Gasteiger partial charge in [-0.2, -0.15) is 13.2 Å². The molecule has 192 valence electrons. The molecule has 0 aliphatic carbocycles. The Morgan fingerprint density at radius 1 is 1.03 bits per heavy atom. The molecule has 0 aromatic heterocycles. The van der Waals surface area contributed by atoms with E-state index in [0.717, 1.165) is 29.5 Å². The number of halogens is 4. The zero-order valence-corrected chi connectivity index (χ0v) is 20.0. The summed E-state index contributed by atoms with van der Waals surface area (Å²) in [5, 5.41) is 11.2. The normalized spacial score (nSPS) is 17.4. The van der Waals surface area contributed by atoms with Crippen LogP contribution in [-0.2, 0) is 15.8 Å². The number of carbonyl (C=O) groups excluding carboxylic acids is 2. The van der Waals surface area contributed by atoms with Crippen molar-refractivity contribution in [2.45, 2.75) is 32.5 Å². The van der Waals surface area contributed by atoms with Crippen LogP contribution in [0.1, 0.15) is 41.6 Å². The van der Waals surface area contributed by atoms with Gasteiger partial charge >= 0.3 is 6.18 Å². The first-order valence-electron chi connectivity index (χ1n) is 11.5. The van der Waals surface area contributed by atoms with E-state index in [2.05, 4.69) is 0 Å². The highest BCUT2D eigenvalue weighted by Crippen LogP contribution is 2.44. The van der Waals surface area contributed by atoms with Crippen LogP contribution in [0.5, 0.6) is 5.75 Å². The van der Waals surface area contributed by atoms with E-state index in [4.69, 9.17) is 4.74 Å². The van der Waals surface area contributed by atoms with Crippen molar-refractivity contribution in [1.29, 1.82) is 0 Å². The van der Waals surface area contributed by atoms with Gasteiger partial charge in [0.15, 0.2) is 0 Å². The lowest BCUT2D eigenvalue weighted by Crippen LogP contribution is -2.30. The number of Topliss-reactive ketones (excluding diaryl/α,β-unsaturated/α-hetero) is 1. The number of amides is 1. The van der Waals surface area contributed by atoms with Gasteiger partial charge in [0.05, 0.1) is 23.8 Å². The van der Waals surface area contributed by atoms with Gasteiger partial charge in [0.2, 0.25) is 0 Å². The summed E-state index contributed by atoms with van der Waals surface area (Å²) in [5.74, 6) is -3.14. The van der Waals surface area contributed by atoms with Crippen molar-refractivity contribution in [3.63, 3.8) is 0 Å². The molecule has 3 aromatic carbocycles. The fourth-order valence-corrected chi connectivity index (χ4v) is 4.25. The van der Waals surface area contributed by atoms with Crippen molar-refractivity contribution in [2.75, 3.05) is 11.5 Å². The highest BCUT2D eigenvalue weighted by atomic mass is 19.4. The molecular formula is C28H23F4NO4. The lowest BCUT2D eigenvalue weighted by atomic mass is 9.94. The Kier molecular flexibility index (Phi) is 7.07. The summed E-state index contributed by atoms with van der Waals surface area (Å²) in [6.45, 7) is 4.15. The number of aliphatic hydroxyl groups excluding tert-OH is 1. The van der Waals surface area contributed by atoms with E-state index in [9.17, 15) is 32.3 Å². The van der Waals surface area contributed by atoms with Crippen molar-refractivity contribution in [3.05, 3.63) is 100 Å². The number of ketones is 1. The summed E-state index contributed by atoms with van der Waals surface area (Å²) in [4.78, 5) is 27.1. The maximum atomic E-state index is 15.0. The summed E-state index contributed by atoms with van der Waals surface area (Å²) in [6.07, 6.45) is -3.93. The lowest BCUT2D eigenvalue weighted by Gasteiger charge is -2.26. The molecule has 1 unspecified atom stereocenters. The quantitative estimate of drug-likeness (QED) is 0.175. The van der Waals surface area contributed by atoms with Gasteiger partial charge in [0.25, 0.3) is 11.7 Å². The summed E-state index contributed by atoms with van der Waals surface area (Å²) in [5.41, 5.74) is -1.08. The van der Waals surface area contributed by atoms with E-state index in [0.29, 0.717) is 24.0 Å². The molecular weight excluding hydrogens is 490 g/mol. The van der Waals surface area contributed by atoms with E-state index >= 15 is 0 Å². The Hall–Kier alpha value is -4.14. The molecule has 0 spiro atoms. The van der Waals surface area contributed by atoms with E-state index in [1.165, 1.54) is 30.3 Å². The summed E-state index contributed by atoms with van der Waals surface area (Å²) in [7, 11) is 0. The third kappa shape index (κ3) is 4.94. The third-order valence-corrected chi connectivity index (χ3v) is 6.01. The molecule has 37 heavy (non-hydrogen) atoms. The Balaban J connectivity index is 1.91. The summed E-state index contributed by atoms with van der Waals surface area (Å²) < 4.78 is 60.8. The molecule has 1 aliphatic rings. The minimum atomic E-state index is -4.71. The van der Waals surface area contributed by atoms with Crippen LogP contribution < -0.4 is 9.64 Å². The van der Waals surface area contributed by atoms with Crippen molar-refractivity contribution in [2.24, 2.45) is 0 Å². The van der Waals surface area contributed by atoms with E-state index in [-0.39, 0.29) is 16.8 Å². The molecule has 1 saturated heterocycles. The highest BCUT2D eigenvalue weighted by Gasteiger charge is 2.48. The molecule has 0 saturated carbocycles. The molecule has 3 aromatic rings. The molecule has 4 rings (SSSR count). The number of nitrogens with zero attached hydrogens (tertiary/aromatic N) is 1. The number of aryl methyl sites for hydroxylation is 1. The molecule has 0 radical (unpaired) electrons. The number of anilines is 1. The largest absolute Gasteiger partial charge is 0.507 e. The van der Waals surface area contributed by atoms with Crippen LogP contribution in [0.15, 0.2) is 72.3 Å². The Morgan fingerprint density at radius 2 is 1.76 bits per heavy atom.